The molecule has 21 heavy (non-hydrogen) atoms. The Bertz CT molecular complexity index is 671. The fourth-order valence-corrected chi connectivity index (χ4v) is 2.20. The van der Waals surface area contributed by atoms with Crippen LogP contribution in [0.5, 0.6) is 5.75 Å². The number of rotatable bonds is 4. The van der Waals surface area contributed by atoms with E-state index in [1.807, 2.05) is 25.1 Å². The third-order valence-electron chi connectivity index (χ3n) is 3.10. The smallest absolute Gasteiger partial charge is 0.257 e. The van der Waals surface area contributed by atoms with Crippen LogP contribution in [-0.2, 0) is 0 Å². The molecule has 0 saturated heterocycles. The maximum absolute atomic E-state index is 12.5. The molecule has 0 saturated carbocycles. The van der Waals surface area contributed by atoms with Gasteiger partial charge in [0.1, 0.15) is 5.75 Å². The van der Waals surface area contributed by atoms with Crippen LogP contribution in [0.15, 0.2) is 36.4 Å². The van der Waals surface area contributed by atoms with Gasteiger partial charge in [-0.15, -0.1) is 0 Å². The SMILES string of the molecule is CNc1ccc(C)cc1C(=O)Nc1cc(Cl)ccc1OC. The lowest BCUT2D eigenvalue weighted by Crippen LogP contribution is -2.15. The molecule has 0 spiro atoms. The molecule has 0 aromatic heterocycles. The number of carbonyl (C=O) groups excluding carboxylic acids is 1. The van der Waals surface area contributed by atoms with Crippen molar-refractivity contribution in [3.8, 4) is 5.75 Å². The number of hydrogen-bond donors (Lipinski definition) is 2. The minimum Gasteiger partial charge on any atom is -0.495 e. The van der Waals surface area contributed by atoms with Crippen LogP contribution in [0, 0.1) is 6.92 Å². The highest BCUT2D eigenvalue weighted by molar-refractivity contribution is 6.31. The first kappa shape index (κ1) is 15.2. The standard InChI is InChI=1S/C16H17ClN2O2/c1-10-4-6-13(18-2)12(8-10)16(20)19-14-9-11(17)5-7-15(14)21-3/h4-9,18H,1-3H3,(H,19,20). The molecule has 0 bridgehead atoms. The van der Waals surface area contributed by atoms with Crippen molar-refractivity contribution in [2.45, 2.75) is 6.92 Å². The molecule has 2 N–H and O–H groups in total. The fraction of sp³-hybridized carbons (Fsp3) is 0.188. The quantitative estimate of drug-likeness (QED) is 0.899. The molecule has 0 fully saturated rings. The van der Waals surface area contributed by atoms with E-state index in [1.165, 1.54) is 0 Å². The zero-order valence-corrected chi connectivity index (χ0v) is 12.9. The number of halogens is 1. The fourth-order valence-electron chi connectivity index (χ4n) is 2.03. The van der Waals surface area contributed by atoms with Crippen LogP contribution in [0.3, 0.4) is 0 Å². The van der Waals surface area contributed by atoms with E-state index in [0.29, 0.717) is 22.0 Å². The van der Waals surface area contributed by atoms with E-state index >= 15 is 0 Å². The Kier molecular flexibility index (Phi) is 4.70. The second-order valence-electron chi connectivity index (χ2n) is 4.60. The van der Waals surface area contributed by atoms with Gasteiger partial charge in [-0.3, -0.25) is 4.79 Å². The van der Waals surface area contributed by atoms with Crippen LogP contribution in [-0.4, -0.2) is 20.1 Å². The summed E-state index contributed by atoms with van der Waals surface area (Å²) in [5.41, 5.74) is 2.88. The highest BCUT2D eigenvalue weighted by Crippen LogP contribution is 2.29. The lowest BCUT2D eigenvalue weighted by atomic mass is 10.1. The Balaban J connectivity index is 2.34. The molecule has 0 atom stereocenters. The van der Waals surface area contributed by atoms with E-state index < -0.39 is 0 Å². The first-order valence-electron chi connectivity index (χ1n) is 6.48. The maximum Gasteiger partial charge on any atom is 0.257 e. The number of carbonyl (C=O) groups is 1. The predicted octanol–water partition coefficient (Wildman–Crippen LogP) is 3.95. The van der Waals surface area contributed by atoms with Crippen molar-refractivity contribution in [1.82, 2.24) is 0 Å². The predicted molar refractivity (Wildman–Crippen MR) is 86.7 cm³/mol. The summed E-state index contributed by atoms with van der Waals surface area (Å²) in [7, 11) is 3.33. The van der Waals surface area contributed by atoms with Gasteiger partial charge >= 0.3 is 0 Å². The lowest BCUT2D eigenvalue weighted by molar-refractivity contribution is 0.102. The number of benzene rings is 2. The maximum atomic E-state index is 12.5. The molecule has 0 aliphatic carbocycles. The summed E-state index contributed by atoms with van der Waals surface area (Å²) in [5, 5.41) is 6.38. The molecule has 0 aliphatic heterocycles. The number of aryl methyl sites for hydroxylation is 1. The van der Waals surface area contributed by atoms with Crippen LogP contribution >= 0.6 is 11.6 Å². The third-order valence-corrected chi connectivity index (χ3v) is 3.33. The number of methoxy groups -OCH3 is 1. The minimum atomic E-state index is -0.219. The van der Waals surface area contributed by atoms with Crippen LogP contribution in [0.2, 0.25) is 5.02 Å². The average Bonchev–Trinajstić information content (AvgIpc) is 2.47. The molecule has 1 amide bonds. The zero-order valence-electron chi connectivity index (χ0n) is 12.2. The molecule has 0 heterocycles. The molecule has 2 rings (SSSR count). The summed E-state index contributed by atoms with van der Waals surface area (Å²) in [4.78, 5) is 12.5. The molecular weight excluding hydrogens is 288 g/mol. The number of amides is 1. The molecule has 4 nitrogen and oxygen atoms in total. The van der Waals surface area contributed by atoms with Crippen molar-refractivity contribution >= 4 is 28.9 Å². The first-order chi connectivity index (χ1) is 10.0. The van der Waals surface area contributed by atoms with E-state index in [2.05, 4.69) is 10.6 Å². The molecule has 2 aromatic carbocycles. The molecule has 110 valence electrons. The summed E-state index contributed by atoms with van der Waals surface area (Å²) < 4.78 is 5.23. The Hall–Kier alpha value is -2.20. The molecule has 0 radical (unpaired) electrons. The largest absolute Gasteiger partial charge is 0.495 e. The van der Waals surface area contributed by atoms with Crippen molar-refractivity contribution < 1.29 is 9.53 Å². The van der Waals surface area contributed by atoms with Gasteiger partial charge in [0.25, 0.3) is 5.91 Å². The van der Waals surface area contributed by atoms with Gasteiger partial charge in [0.15, 0.2) is 0 Å². The molecule has 0 unspecified atom stereocenters. The van der Waals surface area contributed by atoms with Gasteiger partial charge in [0.05, 0.1) is 18.4 Å². The van der Waals surface area contributed by atoms with Crippen LogP contribution in [0.1, 0.15) is 15.9 Å². The van der Waals surface area contributed by atoms with Crippen LogP contribution in [0.4, 0.5) is 11.4 Å². The van der Waals surface area contributed by atoms with Gasteiger partial charge in [-0.2, -0.15) is 0 Å². The summed E-state index contributed by atoms with van der Waals surface area (Å²) in [6, 6.07) is 10.7. The van der Waals surface area contributed by atoms with Crippen molar-refractivity contribution in [3.63, 3.8) is 0 Å². The van der Waals surface area contributed by atoms with Crippen molar-refractivity contribution in [1.29, 1.82) is 0 Å². The summed E-state index contributed by atoms with van der Waals surface area (Å²) in [5.74, 6) is 0.343. The van der Waals surface area contributed by atoms with E-state index in [-0.39, 0.29) is 5.91 Å². The van der Waals surface area contributed by atoms with E-state index in [4.69, 9.17) is 16.3 Å². The molecule has 0 aliphatic rings. The van der Waals surface area contributed by atoms with Gasteiger partial charge < -0.3 is 15.4 Å². The van der Waals surface area contributed by atoms with Crippen molar-refractivity contribution in [2.24, 2.45) is 0 Å². The van der Waals surface area contributed by atoms with E-state index in [1.54, 1.807) is 32.4 Å². The zero-order chi connectivity index (χ0) is 15.4. The number of anilines is 2. The van der Waals surface area contributed by atoms with Gasteiger partial charge in [-0.1, -0.05) is 23.2 Å². The third kappa shape index (κ3) is 3.47. The molecule has 5 heteroatoms. The Morgan fingerprint density at radius 2 is 1.90 bits per heavy atom. The number of ether oxygens (including phenoxy) is 1. The van der Waals surface area contributed by atoms with Gasteiger partial charge in [0, 0.05) is 17.8 Å². The highest BCUT2D eigenvalue weighted by atomic mass is 35.5. The average molecular weight is 305 g/mol. The molecular formula is C16H17ClN2O2. The lowest BCUT2D eigenvalue weighted by Gasteiger charge is -2.13. The molecule has 2 aromatic rings. The van der Waals surface area contributed by atoms with Crippen molar-refractivity contribution in [2.75, 3.05) is 24.8 Å². The Morgan fingerprint density at radius 1 is 1.14 bits per heavy atom. The van der Waals surface area contributed by atoms with Gasteiger partial charge in [0.2, 0.25) is 0 Å². The Morgan fingerprint density at radius 3 is 2.57 bits per heavy atom. The second kappa shape index (κ2) is 6.50. The summed E-state index contributed by atoms with van der Waals surface area (Å²) in [6.07, 6.45) is 0. The van der Waals surface area contributed by atoms with Crippen LogP contribution < -0.4 is 15.4 Å². The van der Waals surface area contributed by atoms with E-state index in [9.17, 15) is 4.79 Å². The first-order valence-corrected chi connectivity index (χ1v) is 6.86. The number of hydrogen-bond acceptors (Lipinski definition) is 3. The summed E-state index contributed by atoms with van der Waals surface area (Å²) >= 11 is 5.97. The van der Waals surface area contributed by atoms with E-state index in [0.717, 1.165) is 11.3 Å². The monoisotopic (exact) mass is 304 g/mol. The minimum absolute atomic E-state index is 0.219. The van der Waals surface area contributed by atoms with Gasteiger partial charge in [-0.25, -0.2) is 0 Å². The van der Waals surface area contributed by atoms with Crippen LogP contribution in [0.25, 0.3) is 0 Å². The highest BCUT2D eigenvalue weighted by Gasteiger charge is 2.14. The topological polar surface area (TPSA) is 50.4 Å². The van der Waals surface area contributed by atoms with Crippen molar-refractivity contribution in [3.05, 3.63) is 52.5 Å². The summed E-state index contributed by atoms with van der Waals surface area (Å²) in [6.45, 7) is 1.94. The Labute approximate surface area is 129 Å². The van der Waals surface area contributed by atoms with Gasteiger partial charge in [-0.05, 0) is 37.3 Å². The normalized spacial score (nSPS) is 10.1. The second-order valence-corrected chi connectivity index (χ2v) is 5.03. The number of nitrogens with one attached hydrogen (secondary N) is 2.